The molecule has 4 amide bonds. The SMILES string of the molecule is Cc1ccc(N2C(=O)N(CC(=O)Nc3ccc(S(=O)(=O)N4CCCC4)cc3)C(=O)[C@H]2C)cc1. The minimum absolute atomic E-state index is 0.162. The van der Waals surface area contributed by atoms with Crippen LogP contribution in [0.4, 0.5) is 16.2 Å². The second-order valence-electron chi connectivity index (χ2n) is 8.27. The molecule has 0 aliphatic carbocycles. The van der Waals surface area contributed by atoms with Gasteiger partial charge in [0.1, 0.15) is 12.6 Å². The van der Waals surface area contributed by atoms with Crippen molar-refractivity contribution in [1.29, 1.82) is 0 Å². The number of nitrogens with zero attached hydrogens (tertiary/aromatic N) is 3. The lowest BCUT2D eigenvalue weighted by Gasteiger charge is -2.19. The summed E-state index contributed by atoms with van der Waals surface area (Å²) in [5, 5.41) is 2.62. The predicted molar refractivity (Wildman–Crippen MR) is 123 cm³/mol. The number of hydrogen-bond donors (Lipinski definition) is 1. The van der Waals surface area contributed by atoms with Gasteiger partial charge in [0.15, 0.2) is 0 Å². The molecule has 2 saturated heterocycles. The number of amides is 4. The van der Waals surface area contributed by atoms with Gasteiger partial charge in [-0.05, 0) is 63.1 Å². The molecule has 2 aromatic rings. The van der Waals surface area contributed by atoms with Crippen LogP contribution in [0.3, 0.4) is 0 Å². The van der Waals surface area contributed by atoms with Crippen molar-refractivity contribution in [2.45, 2.75) is 37.6 Å². The lowest BCUT2D eigenvalue weighted by Crippen LogP contribution is -2.39. The summed E-state index contributed by atoms with van der Waals surface area (Å²) >= 11 is 0. The number of rotatable bonds is 6. The van der Waals surface area contributed by atoms with Crippen molar-refractivity contribution in [3.05, 3.63) is 54.1 Å². The van der Waals surface area contributed by atoms with Gasteiger partial charge in [0, 0.05) is 24.5 Å². The van der Waals surface area contributed by atoms with E-state index < -0.39 is 40.5 Å². The van der Waals surface area contributed by atoms with E-state index in [9.17, 15) is 22.8 Å². The van der Waals surface area contributed by atoms with Crippen LogP contribution in [0.5, 0.6) is 0 Å². The number of aryl methyl sites for hydroxylation is 1. The molecule has 10 heteroatoms. The van der Waals surface area contributed by atoms with E-state index in [0.29, 0.717) is 24.5 Å². The summed E-state index contributed by atoms with van der Waals surface area (Å²) in [7, 11) is -3.54. The Morgan fingerprint density at radius 2 is 1.61 bits per heavy atom. The quantitative estimate of drug-likeness (QED) is 0.653. The number of benzene rings is 2. The monoisotopic (exact) mass is 470 g/mol. The topological polar surface area (TPSA) is 107 Å². The first-order chi connectivity index (χ1) is 15.7. The second-order valence-corrected chi connectivity index (χ2v) is 10.2. The van der Waals surface area contributed by atoms with Crippen molar-refractivity contribution in [2.75, 3.05) is 29.9 Å². The average Bonchev–Trinajstić information content (AvgIpc) is 3.40. The number of sulfonamides is 1. The van der Waals surface area contributed by atoms with Gasteiger partial charge in [0.2, 0.25) is 15.9 Å². The molecule has 2 aromatic carbocycles. The molecule has 0 saturated carbocycles. The van der Waals surface area contributed by atoms with Gasteiger partial charge in [-0.1, -0.05) is 17.7 Å². The van der Waals surface area contributed by atoms with Crippen LogP contribution in [0.1, 0.15) is 25.3 Å². The summed E-state index contributed by atoms with van der Waals surface area (Å²) in [5.74, 6) is -1.01. The Kier molecular flexibility index (Phi) is 6.22. The van der Waals surface area contributed by atoms with E-state index in [4.69, 9.17) is 0 Å². The Labute approximate surface area is 193 Å². The third-order valence-electron chi connectivity index (χ3n) is 5.90. The molecule has 33 heavy (non-hydrogen) atoms. The molecule has 174 valence electrons. The van der Waals surface area contributed by atoms with Crippen LogP contribution in [-0.2, 0) is 19.6 Å². The summed E-state index contributed by atoms with van der Waals surface area (Å²) in [5.41, 5.74) is 1.99. The Hall–Kier alpha value is -3.24. The molecule has 2 aliphatic rings. The highest BCUT2D eigenvalue weighted by Crippen LogP contribution is 2.26. The maximum absolute atomic E-state index is 12.9. The van der Waals surface area contributed by atoms with Gasteiger partial charge >= 0.3 is 6.03 Å². The fourth-order valence-electron chi connectivity index (χ4n) is 4.04. The van der Waals surface area contributed by atoms with Gasteiger partial charge < -0.3 is 5.32 Å². The van der Waals surface area contributed by atoms with E-state index in [0.717, 1.165) is 23.3 Å². The van der Waals surface area contributed by atoms with Gasteiger partial charge in [0.05, 0.1) is 4.90 Å². The van der Waals surface area contributed by atoms with E-state index in [-0.39, 0.29) is 4.90 Å². The first-order valence-electron chi connectivity index (χ1n) is 10.8. The minimum Gasteiger partial charge on any atom is -0.325 e. The molecule has 2 fully saturated rings. The third-order valence-corrected chi connectivity index (χ3v) is 7.82. The molecular formula is C23H26N4O5S. The number of hydrogen-bond acceptors (Lipinski definition) is 5. The van der Waals surface area contributed by atoms with Crippen molar-refractivity contribution in [1.82, 2.24) is 9.21 Å². The molecule has 2 heterocycles. The van der Waals surface area contributed by atoms with Gasteiger partial charge in [-0.2, -0.15) is 4.31 Å². The standard InChI is InChI=1S/C23H26N4O5S/c1-16-5-9-19(10-6-16)27-17(2)22(29)26(23(27)30)15-21(28)24-18-7-11-20(12-8-18)33(31,32)25-13-3-4-14-25/h5-12,17H,3-4,13-15H2,1-2H3,(H,24,28)/t17-/m1/s1. The molecule has 9 nitrogen and oxygen atoms in total. The van der Waals surface area contributed by atoms with Crippen LogP contribution >= 0.6 is 0 Å². The molecule has 2 aliphatic heterocycles. The number of carbonyl (C=O) groups excluding carboxylic acids is 3. The molecule has 1 N–H and O–H groups in total. The Morgan fingerprint density at radius 3 is 2.21 bits per heavy atom. The first kappa shape index (κ1) is 22.9. The molecule has 0 bridgehead atoms. The van der Waals surface area contributed by atoms with Crippen LogP contribution < -0.4 is 10.2 Å². The van der Waals surface area contributed by atoms with Gasteiger partial charge in [0.25, 0.3) is 5.91 Å². The van der Waals surface area contributed by atoms with E-state index in [1.807, 2.05) is 19.1 Å². The molecule has 4 rings (SSSR count). The van der Waals surface area contributed by atoms with E-state index in [1.165, 1.54) is 33.5 Å². The number of urea groups is 1. The second kappa shape index (κ2) is 8.95. The molecule has 1 atom stereocenters. The molecule has 0 aromatic heterocycles. The minimum atomic E-state index is -3.54. The Bertz CT molecular complexity index is 1170. The zero-order chi connectivity index (χ0) is 23.8. The lowest BCUT2D eigenvalue weighted by atomic mass is 10.2. The Morgan fingerprint density at radius 1 is 1.00 bits per heavy atom. The Balaban J connectivity index is 1.41. The van der Waals surface area contributed by atoms with Crippen molar-refractivity contribution in [3.8, 4) is 0 Å². The zero-order valence-corrected chi connectivity index (χ0v) is 19.3. The molecule has 0 spiro atoms. The van der Waals surface area contributed by atoms with Gasteiger partial charge in [-0.15, -0.1) is 0 Å². The third kappa shape index (κ3) is 4.49. The fraction of sp³-hybridized carbons (Fsp3) is 0.348. The molecule has 0 radical (unpaired) electrons. The number of anilines is 2. The smallest absolute Gasteiger partial charge is 0.325 e. The highest BCUT2D eigenvalue weighted by Gasteiger charge is 2.44. The molecule has 0 unspecified atom stereocenters. The van der Waals surface area contributed by atoms with E-state index in [1.54, 1.807) is 19.1 Å². The van der Waals surface area contributed by atoms with Crippen LogP contribution in [0.25, 0.3) is 0 Å². The van der Waals surface area contributed by atoms with E-state index in [2.05, 4.69) is 5.32 Å². The lowest BCUT2D eigenvalue weighted by molar-refractivity contribution is -0.130. The summed E-state index contributed by atoms with van der Waals surface area (Å²) in [6, 6.07) is 11.8. The van der Waals surface area contributed by atoms with Crippen molar-refractivity contribution < 1.29 is 22.8 Å². The predicted octanol–water partition coefficient (Wildman–Crippen LogP) is 2.58. The van der Waals surface area contributed by atoms with Crippen molar-refractivity contribution in [2.24, 2.45) is 0 Å². The maximum atomic E-state index is 12.9. The van der Waals surface area contributed by atoms with Crippen LogP contribution in [0.15, 0.2) is 53.4 Å². The average molecular weight is 471 g/mol. The normalized spacial score (nSPS) is 19.4. The van der Waals surface area contributed by atoms with Crippen LogP contribution in [-0.4, -0.2) is 61.1 Å². The zero-order valence-electron chi connectivity index (χ0n) is 18.5. The highest BCUT2D eigenvalue weighted by atomic mass is 32.2. The number of imide groups is 1. The fourth-order valence-corrected chi connectivity index (χ4v) is 5.56. The van der Waals surface area contributed by atoms with Crippen molar-refractivity contribution in [3.63, 3.8) is 0 Å². The summed E-state index contributed by atoms with van der Waals surface area (Å²) in [6.07, 6.45) is 1.70. The maximum Gasteiger partial charge on any atom is 0.332 e. The van der Waals surface area contributed by atoms with Gasteiger partial charge in [-0.3, -0.25) is 19.4 Å². The summed E-state index contributed by atoms with van der Waals surface area (Å²) < 4.78 is 26.7. The highest BCUT2D eigenvalue weighted by molar-refractivity contribution is 7.89. The first-order valence-corrected chi connectivity index (χ1v) is 12.2. The summed E-state index contributed by atoms with van der Waals surface area (Å²) in [6.45, 7) is 4.14. The number of nitrogens with one attached hydrogen (secondary N) is 1. The summed E-state index contributed by atoms with van der Waals surface area (Å²) in [4.78, 5) is 40.5. The van der Waals surface area contributed by atoms with Gasteiger partial charge in [-0.25, -0.2) is 13.2 Å². The van der Waals surface area contributed by atoms with Crippen LogP contribution in [0, 0.1) is 6.92 Å². The van der Waals surface area contributed by atoms with Crippen LogP contribution in [0.2, 0.25) is 0 Å². The molecular weight excluding hydrogens is 444 g/mol. The van der Waals surface area contributed by atoms with Crippen molar-refractivity contribution >= 4 is 39.2 Å². The largest absolute Gasteiger partial charge is 0.332 e. The number of carbonyl (C=O) groups is 3. The van der Waals surface area contributed by atoms with E-state index >= 15 is 0 Å².